The van der Waals surface area contributed by atoms with Gasteiger partial charge in [-0.2, -0.15) is 0 Å². The molecule has 3 atom stereocenters. The molecular weight excluding hydrogens is 531 g/mol. The number of halogens is 1. The van der Waals surface area contributed by atoms with Gasteiger partial charge in [-0.15, -0.1) is 0 Å². The van der Waals surface area contributed by atoms with Gasteiger partial charge in [0.15, 0.2) is 6.04 Å². The maximum Gasteiger partial charge on any atom is 0.408 e. The number of benzene rings is 2. The molecule has 0 aromatic heterocycles. The van der Waals surface area contributed by atoms with Crippen LogP contribution in [0.4, 0.5) is 9.18 Å². The second-order valence-electron chi connectivity index (χ2n) is 11.8. The van der Waals surface area contributed by atoms with E-state index >= 15 is 0 Å². The average molecular weight is 571 g/mol. The Hall–Kier alpha value is -3.95. The number of hydrogen-bond acceptors (Lipinski definition) is 6. The molecule has 0 radical (unpaired) electrons. The molecule has 0 bridgehead atoms. The lowest BCUT2D eigenvalue weighted by Gasteiger charge is -2.39. The SMILES string of the molecule is COC(=O)[C@@H](CC(C)C)N(C(=O)[C@H](NC(=O)OC(C)(C)C)C1Cc2ccccc2C1)C(C(=O)O)c1ccc(F)cc1. The minimum Gasteiger partial charge on any atom is -0.479 e. The van der Waals surface area contributed by atoms with E-state index in [2.05, 4.69) is 5.32 Å². The number of carbonyl (C=O) groups excluding carboxylic acids is 3. The molecule has 0 fully saturated rings. The highest BCUT2D eigenvalue weighted by molar-refractivity contribution is 5.94. The first-order valence-corrected chi connectivity index (χ1v) is 13.7. The topological polar surface area (TPSA) is 122 Å². The van der Waals surface area contributed by atoms with E-state index in [0.717, 1.165) is 35.3 Å². The van der Waals surface area contributed by atoms with Crippen molar-refractivity contribution in [1.29, 1.82) is 0 Å². The highest BCUT2D eigenvalue weighted by atomic mass is 19.1. The van der Waals surface area contributed by atoms with E-state index in [4.69, 9.17) is 9.47 Å². The molecule has 0 saturated carbocycles. The van der Waals surface area contributed by atoms with Crippen molar-refractivity contribution in [3.63, 3.8) is 0 Å². The van der Waals surface area contributed by atoms with E-state index in [9.17, 15) is 28.7 Å². The van der Waals surface area contributed by atoms with Gasteiger partial charge >= 0.3 is 18.0 Å². The van der Waals surface area contributed by atoms with Crippen LogP contribution in [0, 0.1) is 17.7 Å². The maximum atomic E-state index is 14.6. The van der Waals surface area contributed by atoms with Crippen molar-refractivity contribution in [2.75, 3.05) is 7.11 Å². The van der Waals surface area contributed by atoms with Crippen molar-refractivity contribution in [2.45, 2.75) is 77.6 Å². The van der Waals surface area contributed by atoms with Crippen LogP contribution in [0.5, 0.6) is 0 Å². The third-order valence-corrected chi connectivity index (χ3v) is 6.95. The number of amides is 2. The summed E-state index contributed by atoms with van der Waals surface area (Å²) < 4.78 is 24.3. The van der Waals surface area contributed by atoms with E-state index < -0.39 is 59.4 Å². The van der Waals surface area contributed by atoms with Crippen molar-refractivity contribution in [3.8, 4) is 0 Å². The number of fused-ring (bicyclic) bond motifs is 1. The van der Waals surface area contributed by atoms with Crippen molar-refractivity contribution < 1.29 is 38.1 Å². The number of hydrogen-bond donors (Lipinski definition) is 2. The number of nitrogens with one attached hydrogen (secondary N) is 1. The quantitative estimate of drug-likeness (QED) is 0.398. The molecule has 2 aromatic rings. The zero-order valence-electron chi connectivity index (χ0n) is 24.3. The van der Waals surface area contributed by atoms with Crippen LogP contribution >= 0.6 is 0 Å². The van der Waals surface area contributed by atoms with Gasteiger partial charge in [0.25, 0.3) is 0 Å². The highest BCUT2D eigenvalue weighted by Gasteiger charge is 2.46. The number of carbonyl (C=O) groups is 4. The molecule has 2 aromatic carbocycles. The molecule has 0 aliphatic heterocycles. The summed E-state index contributed by atoms with van der Waals surface area (Å²) in [6, 6.07) is 8.16. The second kappa shape index (κ2) is 13.1. The van der Waals surface area contributed by atoms with E-state index in [0.29, 0.717) is 12.8 Å². The number of carboxylic acid groups (broad SMARTS) is 1. The molecule has 41 heavy (non-hydrogen) atoms. The van der Waals surface area contributed by atoms with Crippen molar-refractivity contribution in [1.82, 2.24) is 10.2 Å². The number of carboxylic acids is 1. The molecule has 222 valence electrons. The minimum absolute atomic E-state index is 0.0907. The number of aliphatic carboxylic acids is 1. The fraction of sp³-hybridized carbons (Fsp3) is 0.484. The Morgan fingerprint density at radius 2 is 1.59 bits per heavy atom. The molecule has 2 N–H and O–H groups in total. The number of rotatable bonds is 10. The van der Waals surface area contributed by atoms with Gasteiger partial charge in [0, 0.05) is 0 Å². The van der Waals surface area contributed by atoms with Gasteiger partial charge in [0.2, 0.25) is 5.91 Å². The molecule has 3 rings (SSSR count). The van der Waals surface area contributed by atoms with Crippen LogP contribution in [0.1, 0.15) is 63.8 Å². The lowest BCUT2D eigenvalue weighted by atomic mass is 9.91. The molecule has 2 amide bonds. The Morgan fingerprint density at radius 1 is 1.02 bits per heavy atom. The third-order valence-electron chi connectivity index (χ3n) is 6.95. The maximum absolute atomic E-state index is 14.6. The van der Waals surface area contributed by atoms with E-state index in [-0.39, 0.29) is 17.9 Å². The number of methoxy groups -OCH3 is 1. The smallest absolute Gasteiger partial charge is 0.408 e. The summed E-state index contributed by atoms with van der Waals surface area (Å²) in [6.45, 7) is 8.72. The highest BCUT2D eigenvalue weighted by Crippen LogP contribution is 2.34. The van der Waals surface area contributed by atoms with Crippen LogP contribution < -0.4 is 5.32 Å². The predicted molar refractivity (Wildman–Crippen MR) is 149 cm³/mol. The molecule has 0 heterocycles. The Morgan fingerprint density at radius 3 is 2.05 bits per heavy atom. The summed E-state index contributed by atoms with van der Waals surface area (Å²) in [7, 11) is 1.16. The molecule has 1 aliphatic carbocycles. The molecule has 1 aliphatic rings. The standard InChI is InChI=1S/C31H39FN2O7/c1-18(2)15-24(29(38)40-6)34(26(28(36)37)19-11-13-23(32)14-12-19)27(35)25(33-30(39)41-31(3,4)5)22-16-20-9-7-8-10-21(20)17-22/h7-14,18,22,24-26H,15-17H2,1-6H3,(H,33,39)(H,36,37)/t24-,25-,26?/m1/s1. The first-order valence-electron chi connectivity index (χ1n) is 13.7. The van der Waals surface area contributed by atoms with Gasteiger partial charge in [-0.1, -0.05) is 50.2 Å². The zero-order chi connectivity index (χ0) is 30.5. The van der Waals surface area contributed by atoms with Crippen LogP contribution in [-0.2, 0) is 36.7 Å². The van der Waals surface area contributed by atoms with Gasteiger partial charge < -0.3 is 24.8 Å². The Labute approximate surface area is 240 Å². The average Bonchev–Trinajstić information content (AvgIpc) is 3.32. The number of esters is 1. The van der Waals surface area contributed by atoms with Crippen molar-refractivity contribution in [2.24, 2.45) is 11.8 Å². The Kier molecular flexibility index (Phi) is 10.1. The van der Waals surface area contributed by atoms with Crippen LogP contribution in [0.2, 0.25) is 0 Å². The fourth-order valence-electron chi connectivity index (χ4n) is 5.24. The van der Waals surface area contributed by atoms with E-state index in [1.807, 2.05) is 38.1 Å². The molecular formula is C31H39FN2O7. The van der Waals surface area contributed by atoms with Crippen LogP contribution in [0.15, 0.2) is 48.5 Å². The first-order chi connectivity index (χ1) is 19.2. The summed E-state index contributed by atoms with van der Waals surface area (Å²) in [5.41, 5.74) is 1.25. The summed E-state index contributed by atoms with van der Waals surface area (Å²) in [5.74, 6) is -4.17. The van der Waals surface area contributed by atoms with Crippen molar-refractivity contribution >= 4 is 23.9 Å². The lowest BCUT2D eigenvalue weighted by molar-refractivity contribution is -0.163. The molecule has 9 nitrogen and oxygen atoms in total. The van der Waals surface area contributed by atoms with Gasteiger partial charge in [0.1, 0.15) is 23.5 Å². The third kappa shape index (κ3) is 8.05. The zero-order valence-corrected chi connectivity index (χ0v) is 24.3. The van der Waals surface area contributed by atoms with E-state index in [1.165, 1.54) is 12.1 Å². The summed E-state index contributed by atoms with van der Waals surface area (Å²) >= 11 is 0. The van der Waals surface area contributed by atoms with Gasteiger partial charge in [0.05, 0.1) is 7.11 Å². The largest absolute Gasteiger partial charge is 0.479 e. The van der Waals surface area contributed by atoms with Gasteiger partial charge in [-0.3, -0.25) is 4.79 Å². The molecule has 0 spiro atoms. The molecule has 1 unspecified atom stereocenters. The summed E-state index contributed by atoms with van der Waals surface area (Å²) in [6.07, 6.45) is 0.127. The Balaban J connectivity index is 2.16. The Bertz CT molecular complexity index is 1230. The molecule has 0 saturated heterocycles. The normalized spacial score (nSPS) is 15.4. The van der Waals surface area contributed by atoms with Gasteiger partial charge in [-0.05, 0) is 80.7 Å². The summed E-state index contributed by atoms with van der Waals surface area (Å²) in [5, 5.41) is 13.1. The minimum atomic E-state index is -1.67. The summed E-state index contributed by atoms with van der Waals surface area (Å²) in [4.78, 5) is 54.6. The van der Waals surface area contributed by atoms with Crippen LogP contribution in [0.25, 0.3) is 0 Å². The monoisotopic (exact) mass is 570 g/mol. The van der Waals surface area contributed by atoms with Crippen LogP contribution in [0.3, 0.4) is 0 Å². The van der Waals surface area contributed by atoms with Gasteiger partial charge in [-0.25, -0.2) is 18.8 Å². The fourth-order valence-corrected chi connectivity index (χ4v) is 5.24. The predicted octanol–water partition coefficient (Wildman–Crippen LogP) is 4.68. The van der Waals surface area contributed by atoms with Crippen molar-refractivity contribution in [3.05, 3.63) is 71.0 Å². The molecule has 10 heteroatoms. The lowest BCUT2D eigenvalue weighted by Crippen LogP contribution is -2.59. The van der Waals surface area contributed by atoms with E-state index in [1.54, 1.807) is 20.8 Å². The number of nitrogens with zero attached hydrogens (tertiary/aromatic N) is 1. The van der Waals surface area contributed by atoms with Crippen LogP contribution in [-0.4, -0.2) is 58.7 Å². The second-order valence-corrected chi connectivity index (χ2v) is 11.8. The first kappa shape index (κ1) is 31.6. The number of alkyl carbamates (subject to hydrolysis) is 1. The number of ether oxygens (including phenoxy) is 2.